The Bertz CT molecular complexity index is 1090. The molecule has 3 rings (SSSR count). The molecule has 1 N–H and O–H groups in total. The van der Waals surface area contributed by atoms with Gasteiger partial charge < -0.3 is 10.2 Å². The maximum absolute atomic E-state index is 12.8. The minimum absolute atomic E-state index is 0.0895. The lowest BCUT2D eigenvalue weighted by atomic mass is 10.2. The number of nitro groups is 1. The van der Waals surface area contributed by atoms with Crippen LogP contribution in [0.2, 0.25) is 10.0 Å². The summed E-state index contributed by atoms with van der Waals surface area (Å²) in [6.07, 6.45) is 0.183. The van der Waals surface area contributed by atoms with Gasteiger partial charge in [0, 0.05) is 57.0 Å². The molecule has 2 aromatic carbocycles. The van der Waals surface area contributed by atoms with Gasteiger partial charge >= 0.3 is 0 Å². The lowest BCUT2D eigenvalue weighted by Crippen LogP contribution is -2.49. The monoisotopic (exact) mass is 486 g/mol. The molecule has 0 unspecified atom stereocenters. The average molecular weight is 487 g/mol. The van der Waals surface area contributed by atoms with E-state index >= 15 is 0 Å². The fourth-order valence-electron chi connectivity index (χ4n) is 3.16. The SMILES string of the molecule is O=C(CCN1CCN(S(=O)(=O)c2ccc(Cl)c(Cl)c2)CC1)Nc1cccc([N+](=O)[O-])c1. The van der Waals surface area contributed by atoms with E-state index in [-0.39, 0.29) is 46.0 Å². The zero-order chi connectivity index (χ0) is 22.6. The van der Waals surface area contributed by atoms with Crippen molar-refractivity contribution in [3.05, 3.63) is 62.6 Å². The molecule has 9 nitrogen and oxygen atoms in total. The minimum atomic E-state index is -3.68. The predicted molar refractivity (Wildman–Crippen MR) is 118 cm³/mol. The summed E-state index contributed by atoms with van der Waals surface area (Å²) in [6.45, 7) is 1.97. The summed E-state index contributed by atoms with van der Waals surface area (Å²) in [4.78, 5) is 24.5. The third kappa shape index (κ3) is 5.92. The van der Waals surface area contributed by atoms with Crippen LogP contribution in [-0.4, -0.2) is 61.2 Å². The van der Waals surface area contributed by atoms with Gasteiger partial charge in [0.05, 0.1) is 19.9 Å². The molecule has 31 heavy (non-hydrogen) atoms. The lowest BCUT2D eigenvalue weighted by molar-refractivity contribution is -0.384. The zero-order valence-electron chi connectivity index (χ0n) is 16.3. The Morgan fingerprint density at radius 3 is 2.42 bits per heavy atom. The fourth-order valence-corrected chi connectivity index (χ4v) is 4.97. The van der Waals surface area contributed by atoms with Crippen molar-refractivity contribution in [2.24, 2.45) is 0 Å². The number of non-ortho nitro benzene ring substituents is 1. The van der Waals surface area contributed by atoms with Crippen molar-refractivity contribution < 1.29 is 18.1 Å². The second-order valence-corrected chi connectivity index (χ2v) is 9.68. The van der Waals surface area contributed by atoms with Crippen molar-refractivity contribution in [1.29, 1.82) is 0 Å². The van der Waals surface area contributed by atoms with E-state index in [0.717, 1.165) is 0 Å². The Hall–Kier alpha value is -2.24. The molecule has 1 fully saturated rings. The Kier molecular flexibility index (Phi) is 7.50. The molecule has 0 radical (unpaired) electrons. The van der Waals surface area contributed by atoms with Gasteiger partial charge in [0.25, 0.3) is 5.69 Å². The normalized spacial score (nSPS) is 15.5. The van der Waals surface area contributed by atoms with E-state index in [0.29, 0.717) is 25.3 Å². The summed E-state index contributed by atoms with van der Waals surface area (Å²) in [5, 5.41) is 13.9. The van der Waals surface area contributed by atoms with E-state index in [9.17, 15) is 23.3 Å². The highest BCUT2D eigenvalue weighted by Gasteiger charge is 2.29. The molecule has 1 aliphatic heterocycles. The number of nitrogens with one attached hydrogen (secondary N) is 1. The van der Waals surface area contributed by atoms with Crippen LogP contribution in [0.5, 0.6) is 0 Å². The Morgan fingerprint density at radius 2 is 1.77 bits per heavy atom. The molecule has 1 saturated heterocycles. The predicted octanol–water partition coefficient (Wildman–Crippen LogP) is 3.24. The van der Waals surface area contributed by atoms with Crippen molar-refractivity contribution in [1.82, 2.24) is 9.21 Å². The van der Waals surface area contributed by atoms with Crippen LogP contribution < -0.4 is 5.32 Å². The molecule has 12 heteroatoms. The number of sulfonamides is 1. The van der Waals surface area contributed by atoms with Gasteiger partial charge in [-0.15, -0.1) is 0 Å². The van der Waals surface area contributed by atoms with Crippen LogP contribution in [0.15, 0.2) is 47.4 Å². The number of nitrogens with zero attached hydrogens (tertiary/aromatic N) is 3. The van der Waals surface area contributed by atoms with Crippen LogP contribution in [0.25, 0.3) is 0 Å². The Balaban J connectivity index is 1.50. The standard InChI is InChI=1S/C19H20Cl2N4O5S/c20-17-5-4-16(13-18(17)21)31(29,30)24-10-8-23(9-11-24)7-6-19(26)22-14-2-1-3-15(12-14)25(27)28/h1-5,12-13H,6-11H2,(H,22,26). The third-order valence-corrected chi connectivity index (χ3v) is 7.49. The lowest BCUT2D eigenvalue weighted by Gasteiger charge is -2.33. The highest BCUT2D eigenvalue weighted by Crippen LogP contribution is 2.27. The molecule has 0 aliphatic carbocycles. The van der Waals surface area contributed by atoms with Gasteiger partial charge in [-0.25, -0.2) is 8.42 Å². The topological polar surface area (TPSA) is 113 Å². The number of benzene rings is 2. The van der Waals surface area contributed by atoms with Crippen molar-refractivity contribution in [2.45, 2.75) is 11.3 Å². The Labute approximate surface area is 189 Å². The van der Waals surface area contributed by atoms with Crippen LogP contribution in [0.4, 0.5) is 11.4 Å². The van der Waals surface area contributed by atoms with E-state index in [1.807, 2.05) is 4.90 Å². The number of amides is 1. The number of halogens is 2. The summed E-state index contributed by atoms with van der Waals surface area (Å²) in [7, 11) is -3.68. The van der Waals surface area contributed by atoms with E-state index in [2.05, 4.69) is 5.32 Å². The molecule has 2 aromatic rings. The molecule has 0 spiro atoms. The molecule has 0 atom stereocenters. The van der Waals surface area contributed by atoms with Crippen LogP contribution in [-0.2, 0) is 14.8 Å². The van der Waals surface area contributed by atoms with E-state index in [1.54, 1.807) is 6.07 Å². The highest BCUT2D eigenvalue weighted by molar-refractivity contribution is 7.89. The smallest absolute Gasteiger partial charge is 0.271 e. The second kappa shape index (κ2) is 9.92. The second-order valence-electron chi connectivity index (χ2n) is 6.93. The van der Waals surface area contributed by atoms with Crippen LogP contribution in [0.3, 0.4) is 0 Å². The van der Waals surface area contributed by atoms with E-state index < -0.39 is 14.9 Å². The summed E-state index contributed by atoms with van der Waals surface area (Å²) in [6, 6.07) is 9.94. The number of carbonyl (C=O) groups excluding carboxylic acids is 1. The van der Waals surface area contributed by atoms with Gasteiger partial charge in [0.2, 0.25) is 15.9 Å². The number of carbonyl (C=O) groups is 1. The summed E-state index contributed by atoms with van der Waals surface area (Å²) >= 11 is 11.8. The first-order valence-corrected chi connectivity index (χ1v) is 11.6. The van der Waals surface area contributed by atoms with Gasteiger partial charge in [-0.3, -0.25) is 14.9 Å². The number of hydrogen-bond donors (Lipinski definition) is 1. The molecular formula is C19H20Cl2N4O5S. The molecule has 0 bridgehead atoms. The van der Waals surface area contributed by atoms with Crippen LogP contribution in [0.1, 0.15) is 6.42 Å². The molecular weight excluding hydrogens is 467 g/mol. The van der Waals surface area contributed by atoms with Crippen LogP contribution >= 0.6 is 23.2 Å². The number of piperazine rings is 1. The third-order valence-electron chi connectivity index (χ3n) is 4.86. The quantitative estimate of drug-likeness (QED) is 0.474. The van der Waals surface area contributed by atoms with Crippen molar-refractivity contribution in [3.8, 4) is 0 Å². The summed E-state index contributed by atoms with van der Waals surface area (Å²) in [5.74, 6) is -0.272. The fraction of sp³-hybridized carbons (Fsp3) is 0.316. The maximum Gasteiger partial charge on any atom is 0.271 e. The number of anilines is 1. The molecule has 166 valence electrons. The van der Waals surface area contributed by atoms with Crippen LogP contribution in [0, 0.1) is 10.1 Å². The van der Waals surface area contributed by atoms with Gasteiger partial charge in [0.1, 0.15) is 0 Å². The van der Waals surface area contributed by atoms with Gasteiger partial charge in [-0.05, 0) is 24.3 Å². The highest BCUT2D eigenvalue weighted by atomic mass is 35.5. The van der Waals surface area contributed by atoms with Gasteiger partial charge in [-0.1, -0.05) is 29.3 Å². The number of nitro benzene ring substituents is 1. The van der Waals surface area contributed by atoms with E-state index in [4.69, 9.17) is 23.2 Å². The molecule has 1 aliphatic rings. The zero-order valence-corrected chi connectivity index (χ0v) is 18.7. The largest absolute Gasteiger partial charge is 0.326 e. The number of hydrogen-bond acceptors (Lipinski definition) is 6. The first kappa shape index (κ1) is 23.4. The van der Waals surface area contributed by atoms with Gasteiger partial charge in [-0.2, -0.15) is 4.31 Å². The average Bonchev–Trinajstić information content (AvgIpc) is 2.74. The number of rotatable bonds is 7. The summed E-state index contributed by atoms with van der Waals surface area (Å²) in [5.41, 5.74) is 0.258. The van der Waals surface area contributed by atoms with Crippen molar-refractivity contribution >= 4 is 50.5 Å². The van der Waals surface area contributed by atoms with E-state index in [1.165, 1.54) is 40.7 Å². The molecule has 1 amide bonds. The molecule has 0 saturated carbocycles. The summed E-state index contributed by atoms with van der Waals surface area (Å²) < 4.78 is 27.0. The van der Waals surface area contributed by atoms with Crippen molar-refractivity contribution in [3.63, 3.8) is 0 Å². The maximum atomic E-state index is 12.8. The minimum Gasteiger partial charge on any atom is -0.326 e. The molecule has 1 heterocycles. The first-order valence-electron chi connectivity index (χ1n) is 9.38. The van der Waals surface area contributed by atoms with Gasteiger partial charge in [0.15, 0.2) is 0 Å². The van der Waals surface area contributed by atoms with Crippen molar-refractivity contribution in [2.75, 3.05) is 38.0 Å². The first-order chi connectivity index (χ1) is 14.7. The molecule has 0 aromatic heterocycles. The Morgan fingerprint density at radius 1 is 1.06 bits per heavy atom.